The van der Waals surface area contributed by atoms with Crippen LogP contribution in [0.3, 0.4) is 0 Å². The standard InChI is InChI=1S/C33H49F3N6O3S2/c1-20(2)13-38-30(46)41-17-24-11-25(42(31(47)39-14-21(3)4)27-7-9-45-18-28(27)44-5)12-32(24,19-41)29(43)40-8-6-26-22(16-40)10-23(15-37-26)33(34,35)36/h10,15,20-21,24-25,27-28H,6-9,11-14,16-19H2,1-5H3,(H,38,46)(H,39,47). The lowest BCUT2D eigenvalue weighted by molar-refractivity contribution is -0.144. The van der Waals surface area contributed by atoms with Crippen LogP contribution < -0.4 is 10.6 Å². The SMILES string of the molecule is COC1COCCC1N(C(=S)NCC(C)C)C1CC2CN(C(=S)NCC(C)C)CC2(C(=O)N2CCc3ncc(C(F)(F)F)cc3C2)C1. The number of likely N-dealkylation sites (tertiary alicyclic amines) is 1. The first-order chi connectivity index (χ1) is 22.2. The predicted octanol–water partition coefficient (Wildman–Crippen LogP) is 4.23. The summed E-state index contributed by atoms with van der Waals surface area (Å²) in [7, 11) is 1.69. The Morgan fingerprint density at radius 2 is 1.91 bits per heavy atom. The summed E-state index contributed by atoms with van der Waals surface area (Å²) in [4.78, 5) is 25.1. The molecular formula is C33H49F3N6O3S2. The minimum absolute atomic E-state index is 0.0175. The molecule has 4 heterocycles. The number of thiocarbonyl (C=S) groups is 2. The fraction of sp³-hybridized carbons (Fsp3) is 0.758. The molecular weight excluding hydrogens is 650 g/mol. The maximum atomic E-state index is 14.9. The van der Waals surface area contributed by atoms with Crippen molar-refractivity contribution in [1.82, 2.24) is 30.3 Å². The van der Waals surface area contributed by atoms with E-state index in [1.165, 1.54) is 0 Å². The molecule has 0 radical (unpaired) electrons. The molecule has 0 spiro atoms. The summed E-state index contributed by atoms with van der Waals surface area (Å²) in [6.45, 7) is 12.6. The zero-order valence-corrected chi connectivity index (χ0v) is 29.7. The zero-order valence-electron chi connectivity index (χ0n) is 28.1. The number of fused-ring (bicyclic) bond motifs is 2. The van der Waals surface area contributed by atoms with E-state index in [1.807, 2.05) is 0 Å². The lowest BCUT2D eigenvalue weighted by Crippen LogP contribution is -2.59. The van der Waals surface area contributed by atoms with E-state index in [4.69, 9.17) is 33.9 Å². The summed E-state index contributed by atoms with van der Waals surface area (Å²) >= 11 is 11.9. The van der Waals surface area contributed by atoms with Crippen molar-refractivity contribution >= 4 is 40.6 Å². The number of aromatic nitrogens is 1. The lowest BCUT2D eigenvalue weighted by atomic mass is 9.78. The highest BCUT2D eigenvalue weighted by atomic mass is 32.1. The van der Waals surface area contributed by atoms with Crippen LogP contribution >= 0.6 is 24.4 Å². The molecule has 5 atom stereocenters. The van der Waals surface area contributed by atoms with Crippen LogP contribution in [0.5, 0.6) is 0 Å². The minimum Gasteiger partial charge on any atom is -0.379 e. The molecule has 14 heteroatoms. The first-order valence-electron chi connectivity index (χ1n) is 16.8. The number of hydrogen-bond donors (Lipinski definition) is 2. The van der Waals surface area contributed by atoms with Crippen molar-refractivity contribution in [3.63, 3.8) is 0 Å². The molecule has 3 fully saturated rings. The van der Waals surface area contributed by atoms with Crippen molar-refractivity contribution in [3.05, 3.63) is 29.1 Å². The Balaban J connectivity index is 1.45. The van der Waals surface area contributed by atoms with E-state index in [0.717, 1.165) is 38.2 Å². The highest BCUT2D eigenvalue weighted by molar-refractivity contribution is 7.80. The number of nitrogens with zero attached hydrogens (tertiary/aromatic N) is 4. The maximum Gasteiger partial charge on any atom is 0.417 e. The molecule has 2 saturated heterocycles. The third-order valence-corrected chi connectivity index (χ3v) is 10.9. The van der Waals surface area contributed by atoms with E-state index in [-0.39, 0.29) is 36.6 Å². The Morgan fingerprint density at radius 1 is 1.19 bits per heavy atom. The average Bonchev–Trinajstić information content (AvgIpc) is 3.57. The second kappa shape index (κ2) is 14.7. The highest BCUT2D eigenvalue weighted by Crippen LogP contribution is 2.52. The monoisotopic (exact) mass is 698 g/mol. The Hall–Kier alpha value is -2.29. The number of alkyl halides is 3. The lowest BCUT2D eigenvalue weighted by Gasteiger charge is -2.45. The number of ether oxygens (including phenoxy) is 2. The second-order valence-corrected chi connectivity index (χ2v) is 15.2. The van der Waals surface area contributed by atoms with Gasteiger partial charge in [0.1, 0.15) is 6.10 Å². The van der Waals surface area contributed by atoms with Gasteiger partial charge >= 0.3 is 6.18 Å². The molecule has 0 bridgehead atoms. The van der Waals surface area contributed by atoms with Gasteiger partial charge in [0.2, 0.25) is 5.91 Å². The van der Waals surface area contributed by atoms with Crippen LogP contribution in [0.2, 0.25) is 0 Å². The molecule has 47 heavy (non-hydrogen) atoms. The van der Waals surface area contributed by atoms with E-state index < -0.39 is 17.2 Å². The van der Waals surface area contributed by atoms with Crippen molar-refractivity contribution in [2.24, 2.45) is 23.2 Å². The van der Waals surface area contributed by atoms with Gasteiger partial charge in [-0.2, -0.15) is 13.2 Å². The molecule has 1 aliphatic carbocycles. The number of methoxy groups -OCH3 is 1. The van der Waals surface area contributed by atoms with E-state index in [0.29, 0.717) is 79.0 Å². The van der Waals surface area contributed by atoms with Crippen LogP contribution in [0.4, 0.5) is 13.2 Å². The second-order valence-electron chi connectivity index (χ2n) is 14.4. The van der Waals surface area contributed by atoms with Gasteiger partial charge < -0.3 is 34.8 Å². The molecule has 2 N–H and O–H groups in total. The number of hydrogen-bond acceptors (Lipinski definition) is 6. The molecule has 1 aromatic heterocycles. The number of amides is 1. The summed E-state index contributed by atoms with van der Waals surface area (Å²) in [6.07, 6.45) is -1.34. The molecule has 3 aliphatic heterocycles. The van der Waals surface area contributed by atoms with E-state index in [2.05, 4.69) is 53.1 Å². The molecule has 1 saturated carbocycles. The number of pyridine rings is 1. The Morgan fingerprint density at radius 3 is 2.60 bits per heavy atom. The van der Waals surface area contributed by atoms with Crippen LogP contribution in [0.1, 0.15) is 63.8 Å². The minimum atomic E-state index is -4.50. The van der Waals surface area contributed by atoms with Crippen molar-refractivity contribution in [2.45, 2.75) is 84.3 Å². The van der Waals surface area contributed by atoms with Crippen molar-refractivity contribution in [1.29, 1.82) is 0 Å². The molecule has 9 nitrogen and oxygen atoms in total. The molecule has 1 aromatic rings. The smallest absolute Gasteiger partial charge is 0.379 e. The summed E-state index contributed by atoms with van der Waals surface area (Å²) in [5.74, 6) is 0.746. The van der Waals surface area contributed by atoms with Gasteiger partial charge in [0.05, 0.1) is 23.6 Å². The van der Waals surface area contributed by atoms with Crippen LogP contribution in [-0.4, -0.2) is 107 Å². The summed E-state index contributed by atoms with van der Waals surface area (Å²) in [5.41, 5.74) is -0.499. The summed E-state index contributed by atoms with van der Waals surface area (Å²) in [5, 5.41) is 8.14. The topological polar surface area (TPSA) is 82.2 Å². The molecule has 262 valence electrons. The van der Waals surface area contributed by atoms with Crippen molar-refractivity contribution in [2.75, 3.05) is 53.0 Å². The maximum absolute atomic E-state index is 14.9. The summed E-state index contributed by atoms with van der Waals surface area (Å²) < 4.78 is 52.4. The Bertz CT molecular complexity index is 1320. The van der Waals surface area contributed by atoms with Crippen molar-refractivity contribution in [3.8, 4) is 0 Å². The normalized spacial score (nSPS) is 27.5. The van der Waals surface area contributed by atoms with E-state index in [9.17, 15) is 18.0 Å². The van der Waals surface area contributed by atoms with Gasteiger partial charge in [-0.25, -0.2) is 0 Å². The van der Waals surface area contributed by atoms with Gasteiger partial charge in [-0.3, -0.25) is 9.78 Å². The van der Waals surface area contributed by atoms with Gasteiger partial charge in [0.25, 0.3) is 0 Å². The number of carbonyl (C=O) groups is 1. The third-order valence-electron chi connectivity index (χ3n) is 10.1. The fourth-order valence-electron chi connectivity index (χ4n) is 7.72. The molecule has 5 unspecified atom stereocenters. The quantitative estimate of drug-likeness (QED) is 0.385. The van der Waals surface area contributed by atoms with Crippen LogP contribution in [0, 0.1) is 23.2 Å². The van der Waals surface area contributed by atoms with Gasteiger partial charge in [-0.05, 0) is 73.1 Å². The summed E-state index contributed by atoms with van der Waals surface area (Å²) in [6, 6.07) is 1.10. The largest absolute Gasteiger partial charge is 0.417 e. The number of nitrogens with one attached hydrogen (secondary N) is 2. The fourth-order valence-corrected chi connectivity index (χ4v) is 8.31. The zero-order chi connectivity index (χ0) is 34.1. The van der Waals surface area contributed by atoms with Crippen LogP contribution in [-0.2, 0) is 33.4 Å². The number of halogens is 3. The van der Waals surface area contributed by atoms with Gasteiger partial charge in [-0.1, -0.05) is 27.7 Å². The van der Waals surface area contributed by atoms with Crippen molar-refractivity contribution < 1.29 is 27.4 Å². The predicted molar refractivity (Wildman–Crippen MR) is 182 cm³/mol. The molecule has 4 aliphatic rings. The van der Waals surface area contributed by atoms with Crippen LogP contribution in [0.25, 0.3) is 0 Å². The number of carbonyl (C=O) groups excluding carboxylic acids is 1. The molecule has 1 amide bonds. The van der Waals surface area contributed by atoms with Gasteiger partial charge in [-0.15, -0.1) is 0 Å². The Labute approximate surface area is 287 Å². The van der Waals surface area contributed by atoms with E-state index in [1.54, 1.807) is 12.0 Å². The molecule has 5 rings (SSSR count). The number of rotatable bonds is 8. The first-order valence-corrected chi connectivity index (χ1v) is 17.6. The highest BCUT2D eigenvalue weighted by Gasteiger charge is 2.61. The van der Waals surface area contributed by atoms with Gasteiger partial charge in [0, 0.05) is 77.3 Å². The average molecular weight is 699 g/mol. The van der Waals surface area contributed by atoms with Crippen LogP contribution in [0.15, 0.2) is 12.3 Å². The van der Waals surface area contributed by atoms with Gasteiger partial charge in [0.15, 0.2) is 10.2 Å². The first kappa shape index (κ1) is 36.0. The third kappa shape index (κ3) is 7.80. The van der Waals surface area contributed by atoms with E-state index >= 15 is 0 Å². The Kier molecular flexibility index (Phi) is 11.2. The molecule has 0 aromatic carbocycles.